The highest BCUT2D eigenvalue weighted by atomic mass is 79.9. The van der Waals surface area contributed by atoms with Gasteiger partial charge in [-0.05, 0) is 48.0 Å². The van der Waals surface area contributed by atoms with Crippen molar-refractivity contribution in [2.24, 2.45) is 0 Å². The average molecular weight is 283 g/mol. The summed E-state index contributed by atoms with van der Waals surface area (Å²) in [6, 6.07) is 3.33. The summed E-state index contributed by atoms with van der Waals surface area (Å²) in [5.74, 6) is 0.415. The predicted molar refractivity (Wildman–Crippen MR) is 54.9 cm³/mol. The number of alkyl halides is 3. The molecule has 0 aliphatic heterocycles. The van der Waals surface area contributed by atoms with Gasteiger partial charge >= 0.3 is 6.18 Å². The summed E-state index contributed by atoms with van der Waals surface area (Å²) in [6.07, 6.45) is -4.39. The Balaban J connectivity index is 2.98. The van der Waals surface area contributed by atoms with Gasteiger partial charge in [0, 0.05) is 0 Å². The van der Waals surface area contributed by atoms with Crippen LogP contribution in [0.3, 0.4) is 0 Å². The predicted octanol–water partition coefficient (Wildman–Crippen LogP) is 4.26. The maximum Gasteiger partial charge on any atom is 0.416 e. The van der Waals surface area contributed by atoms with Gasteiger partial charge in [-0.25, -0.2) is 0 Å². The molecule has 1 aromatic rings. The van der Waals surface area contributed by atoms with E-state index in [1.165, 1.54) is 6.07 Å². The second-order valence-corrected chi connectivity index (χ2v) is 4.16. The summed E-state index contributed by atoms with van der Waals surface area (Å²) in [5.41, 5.74) is -0.689. The van der Waals surface area contributed by atoms with Gasteiger partial charge in [0.05, 0.1) is 16.1 Å². The molecule has 0 radical (unpaired) electrons. The van der Waals surface area contributed by atoms with Crippen molar-refractivity contribution in [3.63, 3.8) is 0 Å². The summed E-state index contributed by atoms with van der Waals surface area (Å²) < 4.78 is 42.5. The summed E-state index contributed by atoms with van der Waals surface area (Å²) in [6.45, 7) is 3.62. The van der Waals surface area contributed by atoms with Crippen LogP contribution in [0, 0.1) is 0 Å². The standard InChI is InChI=1S/C10H10BrF3O/c1-6(2)15-9-4-3-7(5-8(9)11)10(12,13)14/h3-6H,1-2H3. The lowest BCUT2D eigenvalue weighted by molar-refractivity contribution is -0.137. The molecule has 1 nitrogen and oxygen atoms in total. The summed E-state index contributed by atoms with van der Waals surface area (Å²) in [4.78, 5) is 0. The maximum absolute atomic E-state index is 12.3. The Kier molecular flexibility index (Phi) is 3.65. The molecule has 5 heteroatoms. The topological polar surface area (TPSA) is 9.23 Å². The molecule has 1 aromatic carbocycles. The third-order valence-electron chi connectivity index (χ3n) is 1.62. The number of rotatable bonds is 2. The first-order valence-electron chi connectivity index (χ1n) is 4.34. The zero-order valence-electron chi connectivity index (χ0n) is 8.23. The second kappa shape index (κ2) is 4.43. The van der Waals surface area contributed by atoms with E-state index in [2.05, 4.69) is 15.9 Å². The van der Waals surface area contributed by atoms with E-state index in [0.717, 1.165) is 12.1 Å². The van der Waals surface area contributed by atoms with Crippen molar-refractivity contribution in [3.05, 3.63) is 28.2 Å². The molecular weight excluding hydrogens is 273 g/mol. The van der Waals surface area contributed by atoms with Crippen LogP contribution in [0.15, 0.2) is 22.7 Å². The van der Waals surface area contributed by atoms with Crippen LogP contribution in [0.4, 0.5) is 13.2 Å². The average Bonchev–Trinajstić information content (AvgIpc) is 2.05. The zero-order valence-corrected chi connectivity index (χ0v) is 9.82. The fourth-order valence-electron chi connectivity index (χ4n) is 1.03. The molecule has 0 saturated carbocycles. The molecule has 0 saturated heterocycles. The zero-order chi connectivity index (χ0) is 11.6. The van der Waals surface area contributed by atoms with Gasteiger partial charge in [-0.15, -0.1) is 0 Å². The molecule has 0 amide bonds. The molecule has 0 atom stereocenters. The normalized spacial score (nSPS) is 11.9. The monoisotopic (exact) mass is 282 g/mol. The Morgan fingerprint density at radius 2 is 1.87 bits per heavy atom. The van der Waals surface area contributed by atoms with Crippen molar-refractivity contribution in [2.45, 2.75) is 26.1 Å². The summed E-state index contributed by atoms with van der Waals surface area (Å²) in [7, 11) is 0. The summed E-state index contributed by atoms with van der Waals surface area (Å²) in [5, 5.41) is 0. The number of ether oxygens (including phenoxy) is 1. The van der Waals surface area contributed by atoms with Crippen molar-refractivity contribution in [2.75, 3.05) is 0 Å². The van der Waals surface area contributed by atoms with Gasteiger partial charge < -0.3 is 4.74 Å². The van der Waals surface area contributed by atoms with Crippen molar-refractivity contribution in [1.82, 2.24) is 0 Å². The molecule has 0 fully saturated rings. The van der Waals surface area contributed by atoms with Crippen LogP contribution in [0.2, 0.25) is 0 Å². The highest BCUT2D eigenvalue weighted by Gasteiger charge is 2.30. The molecular formula is C10H10BrF3O. The fourth-order valence-corrected chi connectivity index (χ4v) is 1.50. The van der Waals surface area contributed by atoms with E-state index in [-0.39, 0.29) is 6.10 Å². The van der Waals surface area contributed by atoms with Crippen LogP contribution in [0.1, 0.15) is 19.4 Å². The largest absolute Gasteiger partial charge is 0.490 e. The van der Waals surface area contributed by atoms with Crippen LogP contribution >= 0.6 is 15.9 Å². The number of benzene rings is 1. The fraction of sp³-hybridized carbons (Fsp3) is 0.400. The smallest absolute Gasteiger partial charge is 0.416 e. The molecule has 0 heterocycles. The molecule has 15 heavy (non-hydrogen) atoms. The van der Waals surface area contributed by atoms with Crippen molar-refractivity contribution in [3.8, 4) is 5.75 Å². The van der Waals surface area contributed by atoms with E-state index in [4.69, 9.17) is 4.74 Å². The molecule has 84 valence electrons. The molecule has 0 aliphatic rings. The van der Waals surface area contributed by atoms with E-state index < -0.39 is 11.7 Å². The second-order valence-electron chi connectivity index (χ2n) is 3.31. The van der Waals surface area contributed by atoms with Gasteiger partial charge in [0.1, 0.15) is 5.75 Å². The van der Waals surface area contributed by atoms with Crippen LogP contribution in [-0.2, 0) is 6.18 Å². The molecule has 0 N–H and O–H groups in total. The highest BCUT2D eigenvalue weighted by molar-refractivity contribution is 9.10. The minimum atomic E-state index is -4.32. The first-order chi connectivity index (χ1) is 6.80. The third kappa shape index (κ3) is 3.41. The molecule has 0 aromatic heterocycles. The number of hydrogen-bond donors (Lipinski definition) is 0. The molecule has 0 spiro atoms. The van der Waals surface area contributed by atoms with E-state index in [1.807, 2.05) is 13.8 Å². The van der Waals surface area contributed by atoms with Gasteiger partial charge in [-0.1, -0.05) is 0 Å². The van der Waals surface area contributed by atoms with E-state index >= 15 is 0 Å². The van der Waals surface area contributed by atoms with Gasteiger partial charge in [0.2, 0.25) is 0 Å². The van der Waals surface area contributed by atoms with Crippen molar-refractivity contribution in [1.29, 1.82) is 0 Å². The van der Waals surface area contributed by atoms with Gasteiger partial charge in [0.15, 0.2) is 0 Å². The molecule has 0 aliphatic carbocycles. The first-order valence-corrected chi connectivity index (χ1v) is 5.13. The van der Waals surface area contributed by atoms with Gasteiger partial charge in [-0.3, -0.25) is 0 Å². The van der Waals surface area contributed by atoms with Crippen LogP contribution in [0.25, 0.3) is 0 Å². The van der Waals surface area contributed by atoms with Crippen molar-refractivity contribution < 1.29 is 17.9 Å². The van der Waals surface area contributed by atoms with Gasteiger partial charge in [0.25, 0.3) is 0 Å². The van der Waals surface area contributed by atoms with E-state index in [9.17, 15) is 13.2 Å². The highest BCUT2D eigenvalue weighted by Crippen LogP contribution is 2.35. The minimum absolute atomic E-state index is 0.0713. The first kappa shape index (κ1) is 12.4. The van der Waals surface area contributed by atoms with Gasteiger partial charge in [-0.2, -0.15) is 13.2 Å². The molecule has 0 unspecified atom stereocenters. The van der Waals surface area contributed by atoms with E-state index in [1.54, 1.807) is 0 Å². The van der Waals surface area contributed by atoms with Crippen LogP contribution in [0.5, 0.6) is 5.75 Å². The van der Waals surface area contributed by atoms with Crippen molar-refractivity contribution >= 4 is 15.9 Å². The Morgan fingerprint density at radius 3 is 2.27 bits per heavy atom. The Bertz CT molecular complexity index is 347. The van der Waals surface area contributed by atoms with Crippen LogP contribution < -0.4 is 4.74 Å². The number of halogens is 4. The minimum Gasteiger partial charge on any atom is -0.490 e. The lowest BCUT2D eigenvalue weighted by Crippen LogP contribution is -2.08. The van der Waals surface area contributed by atoms with E-state index in [0.29, 0.717) is 10.2 Å². The molecule has 1 rings (SSSR count). The van der Waals surface area contributed by atoms with Crippen LogP contribution in [-0.4, -0.2) is 6.10 Å². The third-order valence-corrected chi connectivity index (χ3v) is 2.24. The Labute approximate surface area is 94.4 Å². The maximum atomic E-state index is 12.3. The lowest BCUT2D eigenvalue weighted by Gasteiger charge is -2.13. The molecule has 0 bridgehead atoms. The Morgan fingerprint density at radius 1 is 1.27 bits per heavy atom. The quantitative estimate of drug-likeness (QED) is 0.788. The summed E-state index contributed by atoms with van der Waals surface area (Å²) >= 11 is 3.04. The lowest BCUT2D eigenvalue weighted by atomic mass is 10.2. The SMILES string of the molecule is CC(C)Oc1ccc(C(F)(F)F)cc1Br. The Hall–Kier alpha value is -0.710. The number of hydrogen-bond acceptors (Lipinski definition) is 1.